The van der Waals surface area contributed by atoms with Gasteiger partial charge in [0.25, 0.3) is 0 Å². The fraction of sp³-hybridized carbons (Fsp3) is 0.643. The van der Waals surface area contributed by atoms with Gasteiger partial charge in [-0.15, -0.1) is 0 Å². The summed E-state index contributed by atoms with van der Waals surface area (Å²) < 4.78 is 7.24. The summed E-state index contributed by atoms with van der Waals surface area (Å²) >= 11 is 0. The van der Waals surface area contributed by atoms with Crippen LogP contribution in [-0.4, -0.2) is 41.5 Å². The Morgan fingerprint density at radius 2 is 2.28 bits per heavy atom. The van der Waals surface area contributed by atoms with Crippen molar-refractivity contribution in [3.8, 4) is 0 Å². The van der Waals surface area contributed by atoms with Crippen LogP contribution in [0.2, 0.25) is 0 Å². The van der Waals surface area contributed by atoms with E-state index in [-0.39, 0.29) is 0 Å². The zero-order chi connectivity index (χ0) is 13.1. The average Bonchev–Trinajstić information content (AvgIpc) is 2.66. The van der Waals surface area contributed by atoms with E-state index >= 15 is 0 Å². The first-order valence-electron chi connectivity index (χ1n) is 6.60. The molecule has 4 nitrogen and oxygen atoms in total. The van der Waals surface area contributed by atoms with Crippen molar-refractivity contribution in [3.63, 3.8) is 0 Å². The van der Waals surface area contributed by atoms with Gasteiger partial charge in [0.05, 0.1) is 18.8 Å². The standard InChI is InChI=1S/C14H23N3O/c1-11(2)14-9-13-5-6-16(7-8-18-4)12(3)10-17(13)15-14/h9,11H,3,5-8,10H2,1-2,4H3. The number of nitrogens with zero attached hydrogens (tertiary/aromatic N) is 3. The molecule has 0 saturated carbocycles. The maximum atomic E-state index is 5.14. The third-order valence-electron chi connectivity index (χ3n) is 3.46. The Morgan fingerprint density at radius 3 is 2.94 bits per heavy atom. The predicted octanol–water partition coefficient (Wildman–Crippen LogP) is 2.02. The first kappa shape index (κ1) is 13.1. The van der Waals surface area contributed by atoms with E-state index in [4.69, 9.17) is 4.74 Å². The van der Waals surface area contributed by atoms with Gasteiger partial charge in [-0.25, -0.2) is 0 Å². The molecule has 0 saturated heterocycles. The number of ether oxygens (including phenoxy) is 1. The largest absolute Gasteiger partial charge is 0.383 e. The Hall–Kier alpha value is -1.29. The maximum Gasteiger partial charge on any atom is 0.0805 e. The molecule has 0 unspecified atom stereocenters. The molecular formula is C14H23N3O. The van der Waals surface area contributed by atoms with Crippen molar-refractivity contribution in [3.05, 3.63) is 29.7 Å². The number of aromatic nitrogens is 2. The zero-order valence-electron chi connectivity index (χ0n) is 11.6. The fourth-order valence-electron chi connectivity index (χ4n) is 2.25. The lowest BCUT2D eigenvalue weighted by atomic mass is 10.1. The van der Waals surface area contributed by atoms with Gasteiger partial charge >= 0.3 is 0 Å². The van der Waals surface area contributed by atoms with E-state index in [2.05, 4.69) is 41.2 Å². The molecule has 0 N–H and O–H groups in total. The van der Waals surface area contributed by atoms with Crippen LogP contribution in [0.1, 0.15) is 31.2 Å². The highest BCUT2D eigenvalue weighted by molar-refractivity contribution is 5.17. The molecular weight excluding hydrogens is 226 g/mol. The molecule has 1 aromatic rings. The van der Waals surface area contributed by atoms with Crippen LogP contribution in [0.25, 0.3) is 0 Å². The van der Waals surface area contributed by atoms with Gasteiger partial charge in [0.15, 0.2) is 0 Å². The third kappa shape index (κ3) is 2.75. The molecule has 100 valence electrons. The Bertz CT molecular complexity index is 423. The van der Waals surface area contributed by atoms with Crippen molar-refractivity contribution in [1.29, 1.82) is 0 Å². The van der Waals surface area contributed by atoms with E-state index in [0.717, 1.165) is 38.4 Å². The average molecular weight is 249 g/mol. The van der Waals surface area contributed by atoms with Gasteiger partial charge in [-0.05, 0) is 12.0 Å². The highest BCUT2D eigenvalue weighted by Gasteiger charge is 2.18. The monoisotopic (exact) mass is 249 g/mol. The number of allylic oxidation sites excluding steroid dienone is 1. The van der Waals surface area contributed by atoms with Gasteiger partial charge in [-0.2, -0.15) is 5.10 Å². The van der Waals surface area contributed by atoms with Crippen molar-refractivity contribution in [1.82, 2.24) is 14.7 Å². The van der Waals surface area contributed by atoms with Crippen molar-refractivity contribution in [2.24, 2.45) is 0 Å². The quantitative estimate of drug-likeness (QED) is 0.818. The molecule has 2 heterocycles. The summed E-state index contributed by atoms with van der Waals surface area (Å²) in [6.07, 6.45) is 1.03. The fourth-order valence-corrected chi connectivity index (χ4v) is 2.25. The predicted molar refractivity (Wildman–Crippen MR) is 72.6 cm³/mol. The first-order chi connectivity index (χ1) is 8.61. The summed E-state index contributed by atoms with van der Waals surface area (Å²) in [5.74, 6) is 0.488. The van der Waals surface area contributed by atoms with E-state index in [9.17, 15) is 0 Å². The molecule has 0 amide bonds. The lowest BCUT2D eigenvalue weighted by Crippen LogP contribution is -2.28. The van der Waals surface area contributed by atoms with Gasteiger partial charge in [-0.3, -0.25) is 4.68 Å². The second-order valence-electron chi connectivity index (χ2n) is 5.17. The minimum atomic E-state index is 0.488. The van der Waals surface area contributed by atoms with Crippen LogP contribution in [0.3, 0.4) is 0 Å². The smallest absolute Gasteiger partial charge is 0.0805 e. The molecule has 0 aliphatic carbocycles. The highest BCUT2D eigenvalue weighted by Crippen LogP contribution is 2.19. The number of fused-ring (bicyclic) bond motifs is 1. The normalized spacial score (nSPS) is 16.0. The Morgan fingerprint density at radius 1 is 1.50 bits per heavy atom. The molecule has 0 fully saturated rings. The molecule has 0 bridgehead atoms. The molecule has 1 aliphatic heterocycles. The van der Waals surface area contributed by atoms with Crippen molar-refractivity contribution in [2.45, 2.75) is 32.7 Å². The van der Waals surface area contributed by atoms with Crippen LogP contribution in [0.4, 0.5) is 0 Å². The SMILES string of the molecule is C=C1Cn2nc(C(C)C)cc2CCN1CCOC. The highest BCUT2D eigenvalue weighted by atomic mass is 16.5. The van der Waals surface area contributed by atoms with Crippen LogP contribution >= 0.6 is 0 Å². The van der Waals surface area contributed by atoms with Crippen LogP contribution in [-0.2, 0) is 17.7 Å². The van der Waals surface area contributed by atoms with E-state index in [1.165, 1.54) is 11.4 Å². The number of hydrogen-bond acceptors (Lipinski definition) is 3. The van der Waals surface area contributed by atoms with E-state index in [0.29, 0.717) is 5.92 Å². The van der Waals surface area contributed by atoms with Crippen molar-refractivity contribution in [2.75, 3.05) is 26.8 Å². The van der Waals surface area contributed by atoms with Gasteiger partial charge < -0.3 is 9.64 Å². The summed E-state index contributed by atoms with van der Waals surface area (Å²) in [5.41, 5.74) is 3.63. The second kappa shape index (κ2) is 5.57. The Labute approximate surface area is 109 Å². The first-order valence-corrected chi connectivity index (χ1v) is 6.60. The van der Waals surface area contributed by atoms with Crippen LogP contribution in [0, 0.1) is 0 Å². The minimum absolute atomic E-state index is 0.488. The molecule has 1 aromatic heterocycles. The number of rotatable bonds is 4. The van der Waals surface area contributed by atoms with Gasteiger partial charge in [0, 0.05) is 38.0 Å². The third-order valence-corrected chi connectivity index (χ3v) is 3.46. The summed E-state index contributed by atoms with van der Waals surface area (Å²) in [7, 11) is 1.74. The molecule has 4 heteroatoms. The van der Waals surface area contributed by atoms with Crippen LogP contribution < -0.4 is 0 Å². The van der Waals surface area contributed by atoms with Gasteiger partial charge in [0.1, 0.15) is 0 Å². The molecule has 0 aromatic carbocycles. The molecule has 2 rings (SSSR count). The summed E-state index contributed by atoms with van der Waals surface area (Å²) in [4.78, 5) is 2.30. The topological polar surface area (TPSA) is 30.3 Å². The summed E-state index contributed by atoms with van der Waals surface area (Å²) in [6, 6.07) is 2.23. The van der Waals surface area contributed by atoms with Crippen LogP contribution in [0.15, 0.2) is 18.3 Å². The van der Waals surface area contributed by atoms with Gasteiger partial charge in [-0.1, -0.05) is 20.4 Å². The lowest BCUT2D eigenvalue weighted by Gasteiger charge is -2.23. The van der Waals surface area contributed by atoms with Crippen LogP contribution in [0.5, 0.6) is 0 Å². The Balaban J connectivity index is 2.10. The molecule has 18 heavy (non-hydrogen) atoms. The lowest BCUT2D eigenvalue weighted by molar-refractivity contribution is 0.164. The summed E-state index contributed by atoms with van der Waals surface area (Å²) in [6.45, 7) is 12.0. The zero-order valence-corrected chi connectivity index (χ0v) is 11.6. The molecule has 0 atom stereocenters. The number of hydrogen-bond donors (Lipinski definition) is 0. The summed E-state index contributed by atoms with van der Waals surface area (Å²) in [5, 5.41) is 4.67. The Kier molecular flexibility index (Phi) is 4.07. The molecule has 0 radical (unpaired) electrons. The number of methoxy groups -OCH3 is 1. The maximum absolute atomic E-state index is 5.14. The van der Waals surface area contributed by atoms with Crippen molar-refractivity contribution < 1.29 is 4.74 Å². The molecule has 0 spiro atoms. The minimum Gasteiger partial charge on any atom is -0.383 e. The van der Waals surface area contributed by atoms with Gasteiger partial charge in [0.2, 0.25) is 0 Å². The molecule has 1 aliphatic rings. The van der Waals surface area contributed by atoms with Crippen molar-refractivity contribution >= 4 is 0 Å². The second-order valence-corrected chi connectivity index (χ2v) is 5.17. The van der Waals surface area contributed by atoms with E-state index < -0.39 is 0 Å². The van der Waals surface area contributed by atoms with E-state index in [1.807, 2.05) is 0 Å². The van der Waals surface area contributed by atoms with E-state index in [1.54, 1.807) is 7.11 Å².